The van der Waals surface area contributed by atoms with Crippen molar-refractivity contribution in [1.82, 2.24) is 0 Å². The number of rotatable bonds is 0. The zero-order valence-electron chi connectivity index (χ0n) is 13.8. The van der Waals surface area contributed by atoms with Crippen molar-refractivity contribution in [3.05, 3.63) is 19.1 Å². The standard InChI is InChI=1S/C19H26O2.C/c1-18-9-4-3-5-12(18)6-7-13-14(18)8-10-19(2)15(13)11-16(20)17(19)21;/h11-14H,3-10H2,1-2H3;/t12?,13-,14+,18+,19+;/m1./s1. The van der Waals surface area contributed by atoms with Crippen LogP contribution in [-0.2, 0) is 9.59 Å². The summed E-state index contributed by atoms with van der Waals surface area (Å²) in [4.78, 5) is 24.3. The Kier molecular flexibility index (Phi) is 3.66. The minimum absolute atomic E-state index is 0. The summed E-state index contributed by atoms with van der Waals surface area (Å²) >= 11 is 0. The molecule has 2 heteroatoms. The lowest BCUT2D eigenvalue weighted by molar-refractivity contribution is -0.139. The molecule has 3 fully saturated rings. The van der Waals surface area contributed by atoms with Crippen LogP contribution in [0, 0.1) is 36.0 Å². The highest BCUT2D eigenvalue weighted by atomic mass is 16.2. The maximum Gasteiger partial charge on any atom is 0.222 e. The average molecular weight is 298 g/mol. The van der Waals surface area contributed by atoms with E-state index >= 15 is 0 Å². The van der Waals surface area contributed by atoms with Crippen LogP contribution in [0.5, 0.6) is 0 Å². The first-order chi connectivity index (χ1) is 9.97. The van der Waals surface area contributed by atoms with Crippen LogP contribution in [0.2, 0.25) is 0 Å². The molecular formula is C20H26O2. The van der Waals surface area contributed by atoms with E-state index in [2.05, 4.69) is 6.92 Å². The maximum absolute atomic E-state index is 12.3. The molecule has 4 rings (SSSR count). The van der Waals surface area contributed by atoms with E-state index in [-0.39, 0.29) is 19.0 Å². The van der Waals surface area contributed by atoms with Gasteiger partial charge in [-0.15, -0.1) is 0 Å². The van der Waals surface area contributed by atoms with E-state index in [9.17, 15) is 9.59 Å². The quantitative estimate of drug-likeness (QED) is 0.629. The zero-order valence-corrected chi connectivity index (χ0v) is 13.8. The summed E-state index contributed by atoms with van der Waals surface area (Å²) < 4.78 is 0. The van der Waals surface area contributed by atoms with Gasteiger partial charge in [-0.3, -0.25) is 9.59 Å². The van der Waals surface area contributed by atoms with Crippen molar-refractivity contribution < 1.29 is 9.59 Å². The molecule has 0 aromatic heterocycles. The molecule has 4 aliphatic rings. The van der Waals surface area contributed by atoms with Crippen LogP contribution < -0.4 is 0 Å². The first kappa shape index (κ1) is 16.0. The van der Waals surface area contributed by atoms with Gasteiger partial charge in [0, 0.05) is 7.43 Å². The summed E-state index contributed by atoms with van der Waals surface area (Å²) in [6, 6.07) is 0. The highest BCUT2D eigenvalue weighted by molar-refractivity contribution is 6.46. The molecule has 0 saturated heterocycles. The Morgan fingerprint density at radius 2 is 1.77 bits per heavy atom. The molecule has 0 aliphatic heterocycles. The Labute approximate surface area is 134 Å². The van der Waals surface area contributed by atoms with E-state index < -0.39 is 5.41 Å². The van der Waals surface area contributed by atoms with Gasteiger partial charge in [0.05, 0.1) is 5.41 Å². The molecule has 0 heterocycles. The first-order valence-electron chi connectivity index (χ1n) is 8.78. The van der Waals surface area contributed by atoms with Gasteiger partial charge in [0.25, 0.3) is 0 Å². The lowest BCUT2D eigenvalue weighted by Gasteiger charge is -2.58. The number of allylic oxidation sites excluding steroid dienone is 2. The molecule has 22 heavy (non-hydrogen) atoms. The molecule has 0 aromatic rings. The lowest BCUT2D eigenvalue weighted by Crippen LogP contribution is -2.50. The van der Waals surface area contributed by atoms with Gasteiger partial charge in [-0.05, 0) is 80.3 Å². The van der Waals surface area contributed by atoms with Gasteiger partial charge in [-0.1, -0.05) is 19.8 Å². The average Bonchev–Trinajstić information content (AvgIpc) is 2.70. The summed E-state index contributed by atoms with van der Waals surface area (Å²) in [5.41, 5.74) is 1.22. The Bertz CT molecular complexity index is 546. The van der Waals surface area contributed by atoms with Crippen LogP contribution in [0.3, 0.4) is 0 Å². The van der Waals surface area contributed by atoms with Crippen LogP contribution >= 0.6 is 0 Å². The van der Waals surface area contributed by atoms with Gasteiger partial charge >= 0.3 is 0 Å². The number of ketones is 2. The Balaban J connectivity index is 0.00000144. The summed E-state index contributed by atoms with van der Waals surface area (Å²) in [7, 11) is 0. The first-order valence-corrected chi connectivity index (χ1v) is 8.78. The van der Waals surface area contributed by atoms with Gasteiger partial charge in [0.2, 0.25) is 11.6 Å². The highest BCUT2D eigenvalue weighted by Crippen LogP contribution is 2.63. The predicted octanol–water partition coefficient (Wildman–Crippen LogP) is 4.17. The van der Waals surface area contributed by atoms with E-state index in [0.29, 0.717) is 17.3 Å². The van der Waals surface area contributed by atoms with Crippen molar-refractivity contribution in [3.8, 4) is 0 Å². The van der Waals surface area contributed by atoms with E-state index in [1.165, 1.54) is 44.1 Å². The maximum atomic E-state index is 12.3. The number of Topliss-reactive ketones (excluding diaryl/α,β-unsaturated/α-hetero) is 1. The minimum Gasteiger partial charge on any atom is -0.290 e. The van der Waals surface area contributed by atoms with Gasteiger partial charge in [0.1, 0.15) is 0 Å². The molecule has 1 unspecified atom stereocenters. The second-order valence-corrected chi connectivity index (χ2v) is 8.40. The topological polar surface area (TPSA) is 34.1 Å². The number of carbonyl (C=O) groups excluding carboxylic acids is 2. The molecule has 0 aromatic carbocycles. The molecule has 3 saturated carbocycles. The molecule has 4 aliphatic carbocycles. The number of hydrogen-bond donors (Lipinski definition) is 0. The third-order valence-electron chi connectivity index (χ3n) is 7.61. The molecule has 118 valence electrons. The van der Waals surface area contributed by atoms with Crippen molar-refractivity contribution in [2.45, 2.75) is 65.2 Å². The number of carbonyl (C=O) groups is 2. The molecular weight excluding hydrogens is 272 g/mol. The fraction of sp³-hybridized carbons (Fsp3) is 0.750. The zero-order chi connectivity index (χ0) is 14.8. The molecule has 0 bridgehead atoms. The van der Waals surface area contributed by atoms with Gasteiger partial charge < -0.3 is 0 Å². The molecule has 2 nitrogen and oxygen atoms in total. The van der Waals surface area contributed by atoms with Gasteiger partial charge in [0.15, 0.2) is 0 Å². The van der Waals surface area contributed by atoms with Crippen LogP contribution in [0.15, 0.2) is 11.6 Å². The highest BCUT2D eigenvalue weighted by Gasteiger charge is 2.58. The number of fused-ring (bicyclic) bond motifs is 5. The molecule has 0 spiro atoms. The summed E-state index contributed by atoms with van der Waals surface area (Å²) in [5, 5.41) is 0. The second-order valence-electron chi connectivity index (χ2n) is 8.40. The molecule has 0 N–H and O–H groups in total. The van der Waals surface area contributed by atoms with E-state index in [1.807, 2.05) is 6.92 Å². The monoisotopic (exact) mass is 298 g/mol. The smallest absolute Gasteiger partial charge is 0.222 e. The Hall–Kier alpha value is -0.920. The fourth-order valence-electron chi connectivity index (χ4n) is 6.32. The molecule has 0 amide bonds. The Morgan fingerprint density at radius 1 is 1.00 bits per heavy atom. The second kappa shape index (κ2) is 5.04. The summed E-state index contributed by atoms with van der Waals surface area (Å²) in [6.07, 6.45) is 11.8. The number of hydrogen-bond acceptors (Lipinski definition) is 2. The van der Waals surface area contributed by atoms with Crippen LogP contribution in [-0.4, -0.2) is 11.6 Å². The molecule has 4 radical (unpaired) electrons. The Morgan fingerprint density at radius 3 is 2.55 bits per heavy atom. The van der Waals surface area contributed by atoms with Gasteiger partial charge in [-0.25, -0.2) is 0 Å². The SMILES string of the molecule is C[C@]12CC[C@H]3[C@@H](CCC4CCCC[C@@]43C)C1=CC(=O)C2=O.[C]. The van der Waals surface area contributed by atoms with Crippen molar-refractivity contribution >= 4 is 11.6 Å². The van der Waals surface area contributed by atoms with Crippen molar-refractivity contribution in [2.24, 2.45) is 28.6 Å². The normalized spacial score (nSPS) is 47.0. The van der Waals surface area contributed by atoms with Crippen molar-refractivity contribution in [3.63, 3.8) is 0 Å². The lowest BCUT2D eigenvalue weighted by atomic mass is 9.46. The van der Waals surface area contributed by atoms with E-state index in [4.69, 9.17) is 0 Å². The van der Waals surface area contributed by atoms with Crippen LogP contribution in [0.1, 0.15) is 65.2 Å². The summed E-state index contributed by atoms with van der Waals surface area (Å²) in [6.45, 7) is 4.53. The van der Waals surface area contributed by atoms with Crippen molar-refractivity contribution in [1.29, 1.82) is 0 Å². The minimum atomic E-state index is -0.448. The van der Waals surface area contributed by atoms with E-state index in [1.54, 1.807) is 6.08 Å². The summed E-state index contributed by atoms with van der Waals surface area (Å²) in [5.74, 6) is 1.72. The van der Waals surface area contributed by atoms with Gasteiger partial charge in [-0.2, -0.15) is 0 Å². The van der Waals surface area contributed by atoms with E-state index in [0.717, 1.165) is 18.8 Å². The third kappa shape index (κ3) is 1.85. The predicted molar refractivity (Wildman–Crippen MR) is 85.0 cm³/mol. The third-order valence-corrected chi connectivity index (χ3v) is 7.61. The van der Waals surface area contributed by atoms with Crippen LogP contribution in [0.4, 0.5) is 0 Å². The molecule has 5 atom stereocenters. The fourth-order valence-corrected chi connectivity index (χ4v) is 6.32. The van der Waals surface area contributed by atoms with Crippen LogP contribution in [0.25, 0.3) is 0 Å². The van der Waals surface area contributed by atoms with Crippen molar-refractivity contribution in [2.75, 3.05) is 0 Å². The largest absolute Gasteiger partial charge is 0.290 e.